The normalized spacial score (nSPS) is 13.7. The monoisotopic (exact) mass is 460 g/mol. The number of carbonyl (C=O) groups is 2. The maximum atomic E-state index is 13.6. The van der Waals surface area contributed by atoms with Crippen LogP contribution < -0.4 is 10.1 Å². The summed E-state index contributed by atoms with van der Waals surface area (Å²) in [5.41, 5.74) is 5.64. The van der Waals surface area contributed by atoms with E-state index in [0.29, 0.717) is 22.0 Å². The lowest BCUT2D eigenvalue weighted by Gasteiger charge is -2.17. The molecule has 0 atom stereocenters. The second kappa shape index (κ2) is 9.12. The molecule has 0 aliphatic carbocycles. The van der Waals surface area contributed by atoms with Crippen LogP contribution in [0.1, 0.15) is 27.8 Å². The van der Waals surface area contributed by atoms with Gasteiger partial charge in [0.1, 0.15) is 11.4 Å². The van der Waals surface area contributed by atoms with Crippen LogP contribution in [0.2, 0.25) is 5.02 Å². The van der Waals surface area contributed by atoms with Crippen molar-refractivity contribution < 1.29 is 14.3 Å². The van der Waals surface area contributed by atoms with Gasteiger partial charge in [-0.15, -0.1) is 0 Å². The van der Waals surface area contributed by atoms with Gasteiger partial charge in [-0.25, -0.2) is 0 Å². The third kappa shape index (κ3) is 4.37. The standard InChI is InChI=1S/C27H25ClN2O3/c1-16-9-12-21(18(3)13-16)24-25(29-20-11-10-17(2)22(28)14-20)27(32)30(26(24)31)15-19-7-5-6-8-23(19)33-4/h5-14,29H,15H2,1-4H3. The molecule has 1 N–H and O–H groups in total. The molecule has 1 heterocycles. The van der Waals surface area contributed by atoms with Crippen molar-refractivity contribution in [3.63, 3.8) is 0 Å². The van der Waals surface area contributed by atoms with Crippen molar-refractivity contribution in [2.24, 2.45) is 0 Å². The van der Waals surface area contributed by atoms with Gasteiger partial charge in [0.05, 0.1) is 19.2 Å². The van der Waals surface area contributed by atoms with Crippen LogP contribution in [0.15, 0.2) is 66.4 Å². The Bertz CT molecular complexity index is 1300. The van der Waals surface area contributed by atoms with Gasteiger partial charge in [-0.1, -0.05) is 59.6 Å². The van der Waals surface area contributed by atoms with Crippen LogP contribution in [0, 0.1) is 20.8 Å². The minimum Gasteiger partial charge on any atom is -0.496 e. The van der Waals surface area contributed by atoms with Crippen molar-refractivity contribution in [1.82, 2.24) is 4.90 Å². The van der Waals surface area contributed by atoms with Gasteiger partial charge in [-0.3, -0.25) is 14.5 Å². The number of para-hydroxylation sites is 1. The summed E-state index contributed by atoms with van der Waals surface area (Å²) in [7, 11) is 1.57. The average molecular weight is 461 g/mol. The number of hydrogen-bond donors (Lipinski definition) is 1. The molecule has 1 aliphatic rings. The lowest BCUT2D eigenvalue weighted by atomic mass is 9.97. The molecule has 0 saturated heterocycles. The van der Waals surface area contributed by atoms with Gasteiger partial charge in [-0.2, -0.15) is 0 Å². The highest BCUT2D eigenvalue weighted by molar-refractivity contribution is 6.37. The number of methoxy groups -OCH3 is 1. The third-order valence-corrected chi connectivity index (χ3v) is 6.19. The maximum Gasteiger partial charge on any atom is 0.278 e. The van der Waals surface area contributed by atoms with Crippen molar-refractivity contribution in [3.05, 3.63) is 99.2 Å². The Morgan fingerprint density at radius 1 is 0.909 bits per heavy atom. The largest absolute Gasteiger partial charge is 0.496 e. The Morgan fingerprint density at radius 3 is 2.36 bits per heavy atom. The molecule has 33 heavy (non-hydrogen) atoms. The topological polar surface area (TPSA) is 58.6 Å². The molecule has 0 bridgehead atoms. The van der Waals surface area contributed by atoms with Gasteiger partial charge in [0.2, 0.25) is 0 Å². The second-order valence-electron chi connectivity index (χ2n) is 8.17. The molecule has 0 unspecified atom stereocenters. The van der Waals surface area contributed by atoms with Gasteiger partial charge in [0, 0.05) is 16.3 Å². The lowest BCUT2D eigenvalue weighted by Crippen LogP contribution is -2.32. The number of benzene rings is 3. The molecule has 0 spiro atoms. The molecule has 0 saturated carbocycles. The molecule has 5 nitrogen and oxygen atoms in total. The number of nitrogens with zero attached hydrogens (tertiary/aromatic N) is 1. The number of rotatable bonds is 6. The zero-order valence-corrected chi connectivity index (χ0v) is 19.8. The van der Waals surface area contributed by atoms with Crippen LogP contribution in [-0.2, 0) is 16.1 Å². The van der Waals surface area contributed by atoms with E-state index in [1.165, 1.54) is 4.90 Å². The first-order valence-electron chi connectivity index (χ1n) is 10.6. The molecule has 3 aromatic rings. The van der Waals surface area contributed by atoms with Gasteiger partial charge in [-0.05, 0) is 55.7 Å². The highest BCUT2D eigenvalue weighted by Crippen LogP contribution is 2.35. The molecule has 4 rings (SSSR count). The number of amides is 2. The fraction of sp³-hybridized carbons (Fsp3) is 0.185. The van der Waals surface area contributed by atoms with E-state index in [2.05, 4.69) is 5.32 Å². The molecule has 0 aromatic heterocycles. The molecule has 2 amide bonds. The molecule has 6 heteroatoms. The number of carbonyl (C=O) groups excluding carboxylic acids is 2. The summed E-state index contributed by atoms with van der Waals surface area (Å²) in [5.74, 6) is -0.117. The second-order valence-corrected chi connectivity index (χ2v) is 8.57. The number of imide groups is 1. The summed E-state index contributed by atoms with van der Waals surface area (Å²) in [6.45, 7) is 5.95. The Kier molecular flexibility index (Phi) is 6.25. The first kappa shape index (κ1) is 22.6. The van der Waals surface area contributed by atoms with Crippen LogP contribution in [0.3, 0.4) is 0 Å². The number of aryl methyl sites for hydroxylation is 3. The van der Waals surface area contributed by atoms with E-state index in [1.807, 2.05) is 75.4 Å². The number of ether oxygens (including phenoxy) is 1. The van der Waals surface area contributed by atoms with Crippen LogP contribution >= 0.6 is 11.6 Å². The molecule has 1 aliphatic heterocycles. The fourth-order valence-electron chi connectivity index (χ4n) is 4.00. The van der Waals surface area contributed by atoms with Crippen molar-refractivity contribution in [2.45, 2.75) is 27.3 Å². The van der Waals surface area contributed by atoms with Crippen molar-refractivity contribution in [2.75, 3.05) is 12.4 Å². The van der Waals surface area contributed by atoms with Gasteiger partial charge >= 0.3 is 0 Å². The van der Waals surface area contributed by atoms with E-state index < -0.39 is 5.91 Å². The Balaban J connectivity index is 1.79. The van der Waals surface area contributed by atoms with Crippen LogP contribution in [-0.4, -0.2) is 23.8 Å². The summed E-state index contributed by atoms with van der Waals surface area (Å²) >= 11 is 6.30. The van der Waals surface area contributed by atoms with Crippen molar-refractivity contribution in [3.8, 4) is 5.75 Å². The molecule has 168 valence electrons. The van der Waals surface area contributed by atoms with E-state index in [9.17, 15) is 9.59 Å². The van der Waals surface area contributed by atoms with Gasteiger partial charge in [0.15, 0.2) is 0 Å². The van der Waals surface area contributed by atoms with E-state index in [-0.39, 0.29) is 18.1 Å². The lowest BCUT2D eigenvalue weighted by molar-refractivity contribution is -0.137. The van der Waals surface area contributed by atoms with Crippen molar-refractivity contribution >= 4 is 34.7 Å². The highest BCUT2D eigenvalue weighted by atomic mass is 35.5. The summed E-state index contributed by atoms with van der Waals surface area (Å²) in [4.78, 5) is 28.4. The third-order valence-electron chi connectivity index (χ3n) is 5.78. The minimum atomic E-state index is -0.391. The van der Waals surface area contributed by atoms with Crippen molar-refractivity contribution in [1.29, 1.82) is 0 Å². The summed E-state index contributed by atoms with van der Waals surface area (Å²) in [6, 6.07) is 18.7. The molecule has 3 aromatic carbocycles. The van der Waals surface area contributed by atoms with Gasteiger partial charge in [0.25, 0.3) is 11.8 Å². The molecule has 0 radical (unpaired) electrons. The predicted molar refractivity (Wildman–Crippen MR) is 131 cm³/mol. The summed E-state index contributed by atoms with van der Waals surface area (Å²) in [6.07, 6.45) is 0. The van der Waals surface area contributed by atoms with E-state index in [1.54, 1.807) is 13.2 Å². The van der Waals surface area contributed by atoms with Crippen LogP contribution in [0.5, 0.6) is 5.75 Å². The molecular weight excluding hydrogens is 436 g/mol. The predicted octanol–water partition coefficient (Wildman–Crippen LogP) is 5.67. The molecule has 0 fully saturated rings. The highest BCUT2D eigenvalue weighted by Gasteiger charge is 2.40. The van der Waals surface area contributed by atoms with Crippen LogP contribution in [0.4, 0.5) is 5.69 Å². The van der Waals surface area contributed by atoms with E-state index >= 15 is 0 Å². The summed E-state index contributed by atoms with van der Waals surface area (Å²) < 4.78 is 5.42. The zero-order chi connectivity index (χ0) is 23.7. The number of hydrogen-bond acceptors (Lipinski definition) is 4. The number of nitrogens with one attached hydrogen (secondary N) is 1. The minimum absolute atomic E-state index is 0.107. The smallest absolute Gasteiger partial charge is 0.278 e. The Morgan fingerprint density at radius 2 is 1.67 bits per heavy atom. The number of anilines is 1. The van der Waals surface area contributed by atoms with E-state index in [0.717, 1.165) is 27.8 Å². The maximum absolute atomic E-state index is 13.6. The first-order valence-corrected chi connectivity index (χ1v) is 11.0. The van der Waals surface area contributed by atoms with Gasteiger partial charge < -0.3 is 10.1 Å². The summed E-state index contributed by atoms with van der Waals surface area (Å²) in [5, 5.41) is 3.76. The molecular formula is C27H25ClN2O3. The SMILES string of the molecule is COc1ccccc1CN1C(=O)C(Nc2ccc(C)c(Cl)c2)=C(c2ccc(C)cc2C)C1=O. The van der Waals surface area contributed by atoms with E-state index in [4.69, 9.17) is 16.3 Å². The Hall–Kier alpha value is -3.57. The van der Waals surface area contributed by atoms with Crippen LogP contribution in [0.25, 0.3) is 5.57 Å². The average Bonchev–Trinajstić information content (AvgIpc) is 3.01. The fourth-order valence-corrected chi connectivity index (χ4v) is 4.18. The Labute approximate surface area is 198 Å². The number of halogens is 1. The quantitative estimate of drug-likeness (QED) is 0.482. The first-order chi connectivity index (χ1) is 15.8. The zero-order valence-electron chi connectivity index (χ0n) is 19.0.